The molecule has 72 valence electrons. The third kappa shape index (κ3) is 2.60. The molecule has 0 fully saturated rings. The second kappa shape index (κ2) is 4.94. The lowest BCUT2D eigenvalue weighted by Gasteiger charge is -1.94. The highest BCUT2D eigenvalue weighted by molar-refractivity contribution is 6.41. The Hall–Kier alpha value is -1.82. The van der Waals surface area contributed by atoms with E-state index < -0.39 is 5.97 Å². The van der Waals surface area contributed by atoms with Crippen LogP contribution >= 0.6 is 0 Å². The average Bonchev–Trinajstić information content (AvgIpc) is 2.51. The maximum Gasteiger partial charge on any atom is 0.361 e. The zero-order chi connectivity index (χ0) is 8.97. The zero-order valence-electron chi connectivity index (χ0n) is 7.06. The maximum absolute atomic E-state index is 10.5. The maximum atomic E-state index is 10.5. The molecule has 1 aromatic heterocycles. The fourth-order valence-corrected chi connectivity index (χ4v) is 0.694. The molecule has 0 unspecified atom stereocenters. The summed E-state index contributed by atoms with van der Waals surface area (Å²) in [5.74, 6) is -1.02. The van der Waals surface area contributed by atoms with Gasteiger partial charge in [-0.15, -0.1) is 0 Å². The smallest absolute Gasteiger partial charge is 0.361 e. The van der Waals surface area contributed by atoms with E-state index in [2.05, 4.69) is 9.99 Å². The van der Waals surface area contributed by atoms with Gasteiger partial charge in [-0.25, -0.2) is 4.79 Å². The largest absolute Gasteiger partial charge is 0.476 e. The van der Waals surface area contributed by atoms with Gasteiger partial charge < -0.3 is 20.5 Å². The molecule has 0 aliphatic rings. The first-order valence-corrected chi connectivity index (χ1v) is 3.14. The van der Waals surface area contributed by atoms with Gasteiger partial charge in [-0.05, 0) is 12.1 Å². The van der Waals surface area contributed by atoms with Crippen LogP contribution in [-0.4, -0.2) is 23.9 Å². The molecular weight excluding hydrogens is 176 g/mol. The van der Waals surface area contributed by atoms with Gasteiger partial charge in [-0.2, -0.15) is 0 Å². The van der Waals surface area contributed by atoms with Crippen molar-refractivity contribution in [3.05, 3.63) is 24.2 Å². The summed E-state index contributed by atoms with van der Waals surface area (Å²) in [6.45, 7) is 0. The normalized spacial score (nSPS) is 10.4. The Morgan fingerprint density at radius 1 is 1.69 bits per heavy atom. The zero-order valence-corrected chi connectivity index (χ0v) is 7.06. The monoisotopic (exact) mass is 186 g/mol. The summed E-state index contributed by atoms with van der Waals surface area (Å²) in [4.78, 5) is 14.9. The molecule has 1 rings (SSSR count). The van der Waals surface area contributed by atoms with Crippen molar-refractivity contribution in [1.82, 2.24) is 6.15 Å². The van der Waals surface area contributed by atoms with E-state index in [4.69, 9.17) is 9.52 Å². The highest BCUT2D eigenvalue weighted by atomic mass is 16.6. The summed E-state index contributed by atoms with van der Waals surface area (Å²) < 4.78 is 4.82. The van der Waals surface area contributed by atoms with Crippen LogP contribution in [-0.2, 0) is 9.63 Å². The molecule has 13 heavy (non-hydrogen) atoms. The number of oxime groups is 1. The van der Waals surface area contributed by atoms with Crippen molar-refractivity contribution in [2.75, 3.05) is 7.11 Å². The first kappa shape index (κ1) is 11.2. The summed E-state index contributed by atoms with van der Waals surface area (Å²) in [6.07, 6.45) is 1.36. The number of furan rings is 1. The lowest BCUT2D eigenvalue weighted by molar-refractivity contribution is -0.129. The molecule has 0 aliphatic heterocycles. The Balaban J connectivity index is 0.00000144. The molecule has 0 aliphatic carbocycles. The van der Waals surface area contributed by atoms with Crippen molar-refractivity contribution in [2.24, 2.45) is 5.16 Å². The van der Waals surface area contributed by atoms with Crippen LogP contribution in [0.1, 0.15) is 5.76 Å². The van der Waals surface area contributed by atoms with E-state index in [0.29, 0.717) is 0 Å². The highest BCUT2D eigenvalue weighted by Gasteiger charge is 2.15. The molecular formula is C7H10N2O4. The SMILES string of the molecule is CON=C(C(=O)O)c1ccco1.N. The van der Waals surface area contributed by atoms with Crippen molar-refractivity contribution in [2.45, 2.75) is 0 Å². The molecule has 0 saturated heterocycles. The Kier molecular flexibility index (Phi) is 4.25. The molecule has 6 heteroatoms. The number of aliphatic carboxylic acids is 1. The van der Waals surface area contributed by atoms with E-state index in [9.17, 15) is 4.79 Å². The van der Waals surface area contributed by atoms with Crippen LogP contribution in [0.5, 0.6) is 0 Å². The summed E-state index contributed by atoms with van der Waals surface area (Å²) in [7, 11) is 1.27. The van der Waals surface area contributed by atoms with Gasteiger partial charge in [-0.3, -0.25) is 0 Å². The predicted octanol–water partition coefficient (Wildman–Crippen LogP) is 0.877. The summed E-state index contributed by atoms with van der Waals surface area (Å²) >= 11 is 0. The number of hydrogen-bond donors (Lipinski definition) is 2. The molecule has 0 amide bonds. The van der Waals surface area contributed by atoms with Gasteiger partial charge in [0.15, 0.2) is 5.76 Å². The quantitative estimate of drug-likeness (QED) is 0.538. The van der Waals surface area contributed by atoms with Gasteiger partial charge in [0.1, 0.15) is 7.11 Å². The fraction of sp³-hybridized carbons (Fsp3) is 0.143. The summed E-state index contributed by atoms with van der Waals surface area (Å²) in [5.41, 5.74) is -0.248. The molecule has 6 nitrogen and oxygen atoms in total. The number of nitrogens with zero attached hydrogens (tertiary/aromatic N) is 1. The van der Waals surface area contributed by atoms with Crippen molar-refractivity contribution in [3.8, 4) is 0 Å². The summed E-state index contributed by atoms with van der Waals surface area (Å²) in [6, 6.07) is 3.06. The van der Waals surface area contributed by atoms with Crippen LogP contribution in [0.25, 0.3) is 0 Å². The van der Waals surface area contributed by atoms with E-state index in [1.165, 1.54) is 19.4 Å². The van der Waals surface area contributed by atoms with Gasteiger partial charge in [0.05, 0.1) is 6.26 Å². The third-order valence-electron chi connectivity index (χ3n) is 1.14. The molecule has 0 radical (unpaired) electrons. The first-order valence-electron chi connectivity index (χ1n) is 3.14. The number of hydrogen-bond acceptors (Lipinski definition) is 5. The molecule has 0 saturated carbocycles. The van der Waals surface area contributed by atoms with Gasteiger partial charge in [0.25, 0.3) is 0 Å². The first-order chi connectivity index (χ1) is 5.75. The second-order valence-electron chi connectivity index (χ2n) is 1.90. The van der Waals surface area contributed by atoms with Crippen LogP contribution < -0.4 is 6.15 Å². The molecule has 0 atom stereocenters. The lowest BCUT2D eigenvalue weighted by Crippen LogP contribution is -2.13. The van der Waals surface area contributed by atoms with E-state index in [0.717, 1.165) is 0 Å². The number of carbonyl (C=O) groups is 1. The van der Waals surface area contributed by atoms with E-state index in [1.807, 2.05) is 0 Å². The Morgan fingerprint density at radius 3 is 2.77 bits per heavy atom. The molecule has 0 bridgehead atoms. The fourth-order valence-electron chi connectivity index (χ4n) is 0.694. The lowest BCUT2D eigenvalue weighted by atomic mass is 10.3. The Morgan fingerprint density at radius 2 is 2.38 bits per heavy atom. The van der Waals surface area contributed by atoms with Crippen LogP contribution in [0.3, 0.4) is 0 Å². The highest BCUT2D eigenvalue weighted by Crippen LogP contribution is 2.02. The average molecular weight is 186 g/mol. The van der Waals surface area contributed by atoms with Gasteiger partial charge in [-0.1, -0.05) is 5.16 Å². The minimum atomic E-state index is -1.19. The molecule has 0 spiro atoms. The van der Waals surface area contributed by atoms with Crippen LogP contribution in [0.2, 0.25) is 0 Å². The van der Waals surface area contributed by atoms with E-state index in [1.54, 1.807) is 6.07 Å². The predicted molar refractivity (Wildman–Crippen MR) is 44.9 cm³/mol. The van der Waals surface area contributed by atoms with Gasteiger partial charge in [0, 0.05) is 0 Å². The topological polar surface area (TPSA) is 107 Å². The van der Waals surface area contributed by atoms with Crippen molar-refractivity contribution < 1.29 is 19.2 Å². The van der Waals surface area contributed by atoms with E-state index in [-0.39, 0.29) is 17.6 Å². The number of rotatable bonds is 3. The molecule has 4 N–H and O–H groups in total. The summed E-state index contributed by atoms with van der Waals surface area (Å²) in [5, 5.41) is 11.9. The number of carboxylic acid groups (broad SMARTS) is 1. The Bertz CT molecular complexity index is 291. The van der Waals surface area contributed by atoms with Crippen LogP contribution in [0, 0.1) is 0 Å². The third-order valence-corrected chi connectivity index (χ3v) is 1.14. The minimum absolute atomic E-state index is 0. The second-order valence-corrected chi connectivity index (χ2v) is 1.90. The standard InChI is InChI=1S/C7H7NO4.H3N/c1-11-8-6(7(9)10)5-3-2-4-12-5;/h2-4H,1H3,(H,9,10);1H3. The van der Waals surface area contributed by atoms with Gasteiger partial charge in [0.2, 0.25) is 5.71 Å². The molecule has 1 aromatic rings. The van der Waals surface area contributed by atoms with Crippen molar-refractivity contribution in [1.29, 1.82) is 0 Å². The van der Waals surface area contributed by atoms with Crippen LogP contribution in [0.4, 0.5) is 0 Å². The van der Waals surface area contributed by atoms with Crippen LogP contribution in [0.15, 0.2) is 28.0 Å². The number of carboxylic acids is 1. The Labute approximate surface area is 74.4 Å². The molecule has 1 heterocycles. The van der Waals surface area contributed by atoms with E-state index >= 15 is 0 Å². The van der Waals surface area contributed by atoms with Crippen molar-refractivity contribution >= 4 is 11.7 Å². The molecule has 0 aromatic carbocycles. The minimum Gasteiger partial charge on any atom is -0.476 e. The van der Waals surface area contributed by atoms with Gasteiger partial charge >= 0.3 is 5.97 Å². The van der Waals surface area contributed by atoms with Crippen molar-refractivity contribution in [3.63, 3.8) is 0 Å².